The number of carbonyl (C=O) groups is 1. The van der Waals surface area contributed by atoms with E-state index in [1.165, 1.54) is 12.1 Å². The van der Waals surface area contributed by atoms with Crippen molar-refractivity contribution >= 4 is 5.91 Å². The van der Waals surface area contributed by atoms with Crippen LogP contribution < -0.4 is 11.1 Å². The van der Waals surface area contributed by atoms with Gasteiger partial charge in [0, 0.05) is 0 Å². The van der Waals surface area contributed by atoms with Gasteiger partial charge in [0.05, 0.1) is 17.6 Å². The van der Waals surface area contributed by atoms with Gasteiger partial charge in [0.15, 0.2) is 0 Å². The minimum absolute atomic E-state index is 0.250. The molecule has 1 aromatic carbocycles. The molecule has 0 saturated carbocycles. The van der Waals surface area contributed by atoms with E-state index in [1.54, 1.807) is 0 Å². The van der Waals surface area contributed by atoms with Gasteiger partial charge in [0.2, 0.25) is 5.91 Å². The van der Waals surface area contributed by atoms with E-state index in [0.717, 1.165) is 12.1 Å². The second-order valence-corrected chi connectivity index (χ2v) is 4.36. The summed E-state index contributed by atoms with van der Waals surface area (Å²) in [6.45, 7) is 0. The number of rotatable bonds is 1. The average molecular weight is 258 g/mol. The Morgan fingerprint density at radius 1 is 1.17 bits per heavy atom. The molecule has 1 aliphatic rings. The van der Waals surface area contributed by atoms with Crippen molar-refractivity contribution in [2.24, 2.45) is 5.73 Å². The smallest absolute Gasteiger partial charge is 0.348 e. The molecule has 1 aliphatic heterocycles. The van der Waals surface area contributed by atoms with Gasteiger partial charge in [-0.15, -0.1) is 0 Å². The molecule has 0 spiro atoms. The second kappa shape index (κ2) is 4.61. The van der Waals surface area contributed by atoms with Crippen LogP contribution in [0.5, 0.6) is 0 Å². The average Bonchev–Trinajstić information content (AvgIpc) is 2.32. The quantitative estimate of drug-likeness (QED) is 0.809. The number of alkyl halides is 3. The first-order valence-electron chi connectivity index (χ1n) is 5.61. The molecular weight excluding hydrogens is 245 g/mol. The number of nitrogens with one attached hydrogen (secondary N) is 1. The zero-order valence-electron chi connectivity index (χ0n) is 9.50. The van der Waals surface area contributed by atoms with E-state index in [0.29, 0.717) is 18.4 Å². The lowest BCUT2D eigenvalue weighted by Gasteiger charge is -2.27. The SMILES string of the molecule is NC1CCC(c2ccc(C(F)(F)F)cc2)NC1=O. The summed E-state index contributed by atoms with van der Waals surface area (Å²) < 4.78 is 37.2. The normalized spacial score (nSPS) is 24.8. The Bertz CT molecular complexity index is 442. The molecule has 1 saturated heterocycles. The van der Waals surface area contributed by atoms with Crippen LogP contribution in [0.3, 0.4) is 0 Å². The molecule has 0 aromatic heterocycles. The van der Waals surface area contributed by atoms with Gasteiger partial charge in [-0.3, -0.25) is 4.79 Å². The molecule has 1 heterocycles. The molecule has 1 aromatic rings. The number of nitrogens with two attached hydrogens (primary N) is 1. The van der Waals surface area contributed by atoms with Crippen LogP contribution in [0.1, 0.15) is 30.0 Å². The Hall–Kier alpha value is -1.56. The first-order chi connectivity index (χ1) is 8.38. The maximum absolute atomic E-state index is 12.4. The van der Waals surface area contributed by atoms with Crippen molar-refractivity contribution in [3.05, 3.63) is 35.4 Å². The maximum Gasteiger partial charge on any atom is 0.416 e. The number of amides is 1. The van der Waals surface area contributed by atoms with Crippen LogP contribution in [0.2, 0.25) is 0 Å². The Labute approximate surface area is 102 Å². The van der Waals surface area contributed by atoms with E-state index >= 15 is 0 Å². The molecule has 0 aliphatic carbocycles. The van der Waals surface area contributed by atoms with Crippen molar-refractivity contribution in [3.8, 4) is 0 Å². The highest BCUT2D eigenvalue weighted by molar-refractivity contribution is 5.82. The van der Waals surface area contributed by atoms with Gasteiger partial charge >= 0.3 is 6.18 Å². The lowest BCUT2D eigenvalue weighted by molar-refractivity contribution is -0.137. The topological polar surface area (TPSA) is 55.1 Å². The van der Waals surface area contributed by atoms with Gasteiger partial charge in [0.1, 0.15) is 0 Å². The van der Waals surface area contributed by atoms with Crippen LogP contribution in [-0.4, -0.2) is 11.9 Å². The third-order valence-electron chi connectivity index (χ3n) is 3.06. The Balaban J connectivity index is 2.13. The Morgan fingerprint density at radius 3 is 2.28 bits per heavy atom. The first-order valence-corrected chi connectivity index (χ1v) is 5.61. The van der Waals surface area contributed by atoms with E-state index in [2.05, 4.69) is 5.32 Å². The number of piperidine rings is 1. The zero-order valence-corrected chi connectivity index (χ0v) is 9.50. The molecule has 2 atom stereocenters. The van der Waals surface area contributed by atoms with E-state index in [-0.39, 0.29) is 11.9 Å². The highest BCUT2D eigenvalue weighted by Gasteiger charge is 2.31. The zero-order chi connectivity index (χ0) is 13.3. The van der Waals surface area contributed by atoms with E-state index in [1.807, 2.05) is 0 Å². The monoisotopic (exact) mass is 258 g/mol. The van der Waals surface area contributed by atoms with Crippen molar-refractivity contribution in [1.29, 1.82) is 0 Å². The molecule has 2 rings (SSSR count). The molecule has 2 unspecified atom stereocenters. The van der Waals surface area contributed by atoms with Crippen molar-refractivity contribution in [1.82, 2.24) is 5.32 Å². The first kappa shape index (κ1) is 12.9. The lowest BCUT2D eigenvalue weighted by Crippen LogP contribution is -2.46. The lowest BCUT2D eigenvalue weighted by atomic mass is 9.94. The van der Waals surface area contributed by atoms with E-state index in [4.69, 9.17) is 5.73 Å². The van der Waals surface area contributed by atoms with Gasteiger partial charge in [-0.25, -0.2) is 0 Å². The molecule has 3 nitrogen and oxygen atoms in total. The van der Waals surface area contributed by atoms with Crippen LogP contribution in [0.25, 0.3) is 0 Å². The molecule has 6 heteroatoms. The van der Waals surface area contributed by atoms with Crippen LogP contribution in [0.4, 0.5) is 13.2 Å². The summed E-state index contributed by atoms with van der Waals surface area (Å²) in [4.78, 5) is 11.4. The minimum atomic E-state index is -4.34. The molecule has 1 fully saturated rings. The van der Waals surface area contributed by atoms with E-state index < -0.39 is 17.8 Å². The predicted octanol–water partition coefficient (Wildman–Crippen LogP) is 1.98. The number of halogens is 3. The summed E-state index contributed by atoms with van der Waals surface area (Å²) in [5.41, 5.74) is 5.52. The highest BCUT2D eigenvalue weighted by atomic mass is 19.4. The number of benzene rings is 1. The summed E-state index contributed by atoms with van der Waals surface area (Å²) in [6, 6.07) is 4.07. The van der Waals surface area contributed by atoms with Crippen molar-refractivity contribution in [3.63, 3.8) is 0 Å². The van der Waals surface area contributed by atoms with Crippen molar-refractivity contribution in [2.45, 2.75) is 31.1 Å². The van der Waals surface area contributed by atoms with Gasteiger partial charge < -0.3 is 11.1 Å². The summed E-state index contributed by atoms with van der Waals surface area (Å²) in [6.07, 6.45) is -3.16. The molecule has 98 valence electrons. The number of hydrogen-bond acceptors (Lipinski definition) is 2. The standard InChI is InChI=1S/C12H13F3N2O/c13-12(14,15)8-3-1-7(2-4-8)10-6-5-9(16)11(18)17-10/h1-4,9-10H,5-6,16H2,(H,17,18). The van der Waals surface area contributed by atoms with Crippen LogP contribution >= 0.6 is 0 Å². The summed E-state index contributed by atoms with van der Waals surface area (Å²) in [7, 11) is 0. The van der Waals surface area contributed by atoms with Crippen LogP contribution in [0.15, 0.2) is 24.3 Å². The fourth-order valence-electron chi connectivity index (χ4n) is 1.98. The second-order valence-electron chi connectivity index (χ2n) is 4.36. The largest absolute Gasteiger partial charge is 0.416 e. The molecule has 18 heavy (non-hydrogen) atoms. The third-order valence-corrected chi connectivity index (χ3v) is 3.06. The summed E-state index contributed by atoms with van der Waals surface area (Å²) >= 11 is 0. The van der Waals surface area contributed by atoms with E-state index in [9.17, 15) is 18.0 Å². The maximum atomic E-state index is 12.4. The third kappa shape index (κ3) is 2.64. The Kier molecular flexibility index (Phi) is 3.30. The molecule has 3 N–H and O–H groups in total. The Morgan fingerprint density at radius 2 is 1.78 bits per heavy atom. The van der Waals surface area contributed by atoms with Crippen LogP contribution in [0, 0.1) is 0 Å². The van der Waals surface area contributed by atoms with Crippen molar-refractivity contribution < 1.29 is 18.0 Å². The summed E-state index contributed by atoms with van der Waals surface area (Å²) in [5, 5.41) is 2.70. The number of carbonyl (C=O) groups excluding carboxylic acids is 1. The van der Waals surface area contributed by atoms with Gasteiger partial charge in [-0.1, -0.05) is 12.1 Å². The molecular formula is C12H13F3N2O. The van der Waals surface area contributed by atoms with Crippen molar-refractivity contribution in [2.75, 3.05) is 0 Å². The predicted molar refractivity (Wildman–Crippen MR) is 59.5 cm³/mol. The highest BCUT2D eigenvalue weighted by Crippen LogP contribution is 2.31. The molecule has 1 amide bonds. The summed E-state index contributed by atoms with van der Waals surface area (Å²) in [5.74, 6) is -0.258. The molecule has 0 bridgehead atoms. The van der Waals surface area contributed by atoms with Gasteiger partial charge in [-0.2, -0.15) is 13.2 Å². The fraction of sp³-hybridized carbons (Fsp3) is 0.417. The van der Waals surface area contributed by atoms with Gasteiger partial charge in [-0.05, 0) is 30.5 Å². The van der Waals surface area contributed by atoms with Crippen LogP contribution in [-0.2, 0) is 11.0 Å². The number of hydrogen-bond donors (Lipinski definition) is 2. The fourth-order valence-corrected chi connectivity index (χ4v) is 1.98. The molecule has 0 radical (unpaired) electrons. The van der Waals surface area contributed by atoms with Gasteiger partial charge in [0.25, 0.3) is 0 Å². The minimum Gasteiger partial charge on any atom is -0.348 e.